The third kappa shape index (κ3) is 2.93. The van der Waals surface area contributed by atoms with E-state index in [-0.39, 0.29) is 11.1 Å². The monoisotopic (exact) mass is 300 g/mol. The largest absolute Gasteiger partial charge is 0.497 e. The zero-order valence-corrected chi connectivity index (χ0v) is 12.3. The summed E-state index contributed by atoms with van der Waals surface area (Å²) in [4.78, 5) is 23.0. The zero-order valence-electron chi connectivity index (χ0n) is 11.5. The van der Waals surface area contributed by atoms with Gasteiger partial charge in [0, 0.05) is 7.05 Å². The van der Waals surface area contributed by atoms with Gasteiger partial charge in [-0.15, -0.1) is 11.3 Å². The van der Waals surface area contributed by atoms with E-state index in [4.69, 9.17) is 10.00 Å². The van der Waals surface area contributed by atoms with E-state index in [1.807, 2.05) is 12.1 Å². The van der Waals surface area contributed by atoms with Gasteiger partial charge in [-0.05, 0) is 23.8 Å². The summed E-state index contributed by atoms with van der Waals surface area (Å²) in [6.45, 7) is 0. The molecule has 1 heterocycles. The lowest BCUT2D eigenvalue weighted by Crippen LogP contribution is -2.29. The first-order valence-corrected chi connectivity index (χ1v) is 6.83. The Balaban J connectivity index is 2.65. The number of rotatable bonds is 3. The molecule has 0 radical (unpaired) electrons. The topological polar surface area (TPSA) is 72.1 Å². The number of benzene rings is 1. The third-order valence-corrected chi connectivity index (χ3v) is 4.11. The maximum Gasteiger partial charge on any atom is 0.268 e. The van der Waals surface area contributed by atoms with Gasteiger partial charge in [0.05, 0.1) is 11.6 Å². The Morgan fingerprint density at radius 3 is 2.57 bits per heavy atom. The Morgan fingerprint density at radius 1 is 1.38 bits per heavy atom. The van der Waals surface area contributed by atoms with E-state index >= 15 is 0 Å². The molecule has 0 amide bonds. The molecule has 0 N–H and O–H groups in total. The lowest BCUT2D eigenvalue weighted by atomic mass is 10.2. The van der Waals surface area contributed by atoms with Gasteiger partial charge in [0.1, 0.15) is 22.1 Å². The van der Waals surface area contributed by atoms with E-state index in [2.05, 4.69) is 0 Å². The van der Waals surface area contributed by atoms with Crippen LogP contribution < -0.4 is 19.5 Å². The lowest BCUT2D eigenvalue weighted by Gasteiger charge is -1.98. The number of ether oxygens (including phenoxy) is 1. The molecule has 1 aromatic carbocycles. The molecule has 0 saturated heterocycles. The van der Waals surface area contributed by atoms with Crippen LogP contribution in [0.5, 0.6) is 5.75 Å². The maximum absolute atomic E-state index is 12.1. The zero-order chi connectivity index (χ0) is 15.4. The Hall–Kier alpha value is -2.65. The van der Waals surface area contributed by atoms with Crippen molar-refractivity contribution in [1.29, 1.82) is 5.26 Å². The quantitative estimate of drug-likeness (QED) is 0.757. The summed E-state index contributed by atoms with van der Waals surface area (Å²) in [6, 6.07) is 9.04. The van der Waals surface area contributed by atoms with Crippen molar-refractivity contribution in [3.05, 3.63) is 49.4 Å². The molecule has 21 heavy (non-hydrogen) atoms. The summed E-state index contributed by atoms with van der Waals surface area (Å²) in [6.07, 6.45) is 2.18. The number of thiazole rings is 1. The van der Waals surface area contributed by atoms with Crippen molar-refractivity contribution in [1.82, 2.24) is 4.57 Å². The van der Waals surface area contributed by atoms with Gasteiger partial charge in [0.25, 0.3) is 5.56 Å². The molecule has 0 atom stereocenters. The molecule has 6 heteroatoms. The first kappa shape index (κ1) is 14.8. The number of hydrogen-bond acceptors (Lipinski definition) is 5. The van der Waals surface area contributed by atoms with Crippen LogP contribution in [0.25, 0.3) is 11.6 Å². The number of methoxy groups -OCH3 is 1. The molecular formula is C15H12N2O3S. The molecular weight excluding hydrogens is 288 g/mol. The number of aldehydes is 1. The molecule has 106 valence electrons. The van der Waals surface area contributed by atoms with Gasteiger partial charge in [-0.25, -0.2) is 0 Å². The highest BCUT2D eigenvalue weighted by molar-refractivity contribution is 7.07. The molecule has 0 spiro atoms. The molecule has 0 fully saturated rings. The minimum absolute atomic E-state index is 0.0472. The Labute approximate surface area is 124 Å². The molecule has 2 aromatic rings. The molecule has 0 aliphatic rings. The first-order chi connectivity index (χ1) is 10.1. The molecule has 2 rings (SSSR count). The Kier molecular flexibility index (Phi) is 4.36. The van der Waals surface area contributed by atoms with Crippen LogP contribution in [0.1, 0.15) is 5.56 Å². The van der Waals surface area contributed by atoms with E-state index in [1.165, 1.54) is 4.57 Å². The van der Waals surface area contributed by atoms with E-state index in [0.717, 1.165) is 22.6 Å². The van der Waals surface area contributed by atoms with Gasteiger partial charge >= 0.3 is 0 Å². The average Bonchev–Trinajstić information content (AvgIpc) is 2.78. The van der Waals surface area contributed by atoms with Crippen LogP contribution in [-0.4, -0.2) is 18.0 Å². The van der Waals surface area contributed by atoms with Gasteiger partial charge in [-0.2, -0.15) is 5.26 Å². The molecule has 1 aromatic heterocycles. The van der Waals surface area contributed by atoms with Crippen molar-refractivity contribution in [3.63, 3.8) is 0 Å². The normalized spacial score (nSPS) is 12.7. The maximum atomic E-state index is 12.1. The van der Waals surface area contributed by atoms with Gasteiger partial charge in [-0.3, -0.25) is 9.59 Å². The number of aromatic nitrogens is 1. The molecule has 5 nitrogen and oxygen atoms in total. The molecule has 0 bridgehead atoms. The van der Waals surface area contributed by atoms with Crippen molar-refractivity contribution in [3.8, 4) is 11.8 Å². The van der Waals surface area contributed by atoms with Crippen molar-refractivity contribution < 1.29 is 9.53 Å². The SMILES string of the molecule is COc1ccc(/C=c2\s/c(=C(\C#N)C=O)n(C)c2=O)cc1. The fourth-order valence-electron chi connectivity index (χ4n) is 1.78. The molecule has 0 saturated carbocycles. The standard InChI is InChI=1S/C15H12N2O3S/c1-17-14(19)13(21-15(17)11(8-16)9-18)7-10-3-5-12(20-2)6-4-10/h3-7,9H,1-2H3/b13-7-,15-11+. The minimum Gasteiger partial charge on any atom is -0.497 e. The van der Waals surface area contributed by atoms with E-state index in [1.54, 1.807) is 38.4 Å². The number of carbonyl (C=O) groups excluding carboxylic acids is 1. The van der Waals surface area contributed by atoms with Crippen LogP contribution >= 0.6 is 11.3 Å². The second-order valence-corrected chi connectivity index (χ2v) is 5.23. The van der Waals surface area contributed by atoms with Crippen LogP contribution in [0.15, 0.2) is 29.1 Å². The number of nitriles is 1. The summed E-state index contributed by atoms with van der Waals surface area (Å²) in [5.41, 5.74) is 0.556. The summed E-state index contributed by atoms with van der Waals surface area (Å²) >= 11 is 1.12. The van der Waals surface area contributed by atoms with Crippen molar-refractivity contribution in [2.75, 3.05) is 7.11 Å². The minimum atomic E-state index is -0.236. The van der Waals surface area contributed by atoms with Crippen LogP contribution in [-0.2, 0) is 11.8 Å². The lowest BCUT2D eigenvalue weighted by molar-refractivity contribution is -0.103. The fraction of sp³-hybridized carbons (Fsp3) is 0.133. The smallest absolute Gasteiger partial charge is 0.268 e. The second-order valence-electron chi connectivity index (χ2n) is 4.20. The van der Waals surface area contributed by atoms with Gasteiger partial charge in [-0.1, -0.05) is 12.1 Å². The van der Waals surface area contributed by atoms with Crippen LogP contribution in [0.4, 0.5) is 0 Å². The first-order valence-electron chi connectivity index (χ1n) is 6.02. The second kappa shape index (κ2) is 6.20. The number of nitrogens with zero attached hydrogens (tertiary/aromatic N) is 2. The fourth-order valence-corrected chi connectivity index (χ4v) is 2.83. The molecule has 0 aliphatic carbocycles. The van der Waals surface area contributed by atoms with Crippen molar-refractivity contribution >= 4 is 29.3 Å². The number of hydrogen-bond donors (Lipinski definition) is 0. The summed E-state index contributed by atoms with van der Waals surface area (Å²) in [7, 11) is 3.12. The van der Waals surface area contributed by atoms with Gasteiger partial charge < -0.3 is 9.30 Å². The predicted octanol–water partition coefficient (Wildman–Crippen LogP) is 0.157. The Morgan fingerprint density at radius 2 is 2.05 bits per heavy atom. The highest BCUT2D eigenvalue weighted by Gasteiger charge is 2.05. The number of carbonyl (C=O) groups is 1. The summed E-state index contributed by atoms with van der Waals surface area (Å²) in [5, 5.41) is 8.90. The highest BCUT2D eigenvalue weighted by Crippen LogP contribution is 2.11. The van der Waals surface area contributed by atoms with Crippen LogP contribution in [0.2, 0.25) is 0 Å². The summed E-state index contributed by atoms with van der Waals surface area (Å²) in [5.74, 6) is 0.730. The van der Waals surface area contributed by atoms with Crippen molar-refractivity contribution in [2.24, 2.45) is 7.05 Å². The highest BCUT2D eigenvalue weighted by atomic mass is 32.1. The average molecular weight is 300 g/mol. The van der Waals surface area contributed by atoms with Gasteiger partial charge in [0.15, 0.2) is 6.29 Å². The van der Waals surface area contributed by atoms with E-state index in [9.17, 15) is 9.59 Å². The van der Waals surface area contributed by atoms with Crippen LogP contribution in [0.3, 0.4) is 0 Å². The third-order valence-electron chi connectivity index (χ3n) is 2.91. The summed E-state index contributed by atoms with van der Waals surface area (Å²) < 4.78 is 7.21. The Bertz CT molecular complexity index is 883. The van der Waals surface area contributed by atoms with Crippen molar-refractivity contribution in [2.45, 2.75) is 0 Å². The van der Waals surface area contributed by atoms with Gasteiger partial charge in [0.2, 0.25) is 0 Å². The van der Waals surface area contributed by atoms with E-state index < -0.39 is 0 Å². The predicted molar refractivity (Wildman–Crippen MR) is 80.5 cm³/mol. The van der Waals surface area contributed by atoms with Crippen LogP contribution in [0, 0.1) is 11.3 Å². The molecule has 0 unspecified atom stereocenters. The van der Waals surface area contributed by atoms with E-state index in [0.29, 0.717) is 15.5 Å². The molecule has 0 aliphatic heterocycles.